The Morgan fingerprint density at radius 3 is 2.27 bits per heavy atom. The Hall–Kier alpha value is -0.900. The molecular formula is C11H21NO3. The lowest BCUT2D eigenvalue weighted by atomic mass is 10.0. The van der Waals surface area contributed by atoms with Crippen LogP contribution in [0, 0.1) is 5.92 Å². The third kappa shape index (κ3) is 7.08. The van der Waals surface area contributed by atoms with E-state index in [4.69, 9.17) is 5.11 Å². The quantitative estimate of drug-likeness (QED) is 0.662. The smallest absolute Gasteiger partial charge is 0.220 e. The summed E-state index contributed by atoms with van der Waals surface area (Å²) in [5.74, 6) is 0.198. The van der Waals surface area contributed by atoms with E-state index in [9.17, 15) is 9.59 Å². The van der Waals surface area contributed by atoms with Gasteiger partial charge in [-0.1, -0.05) is 13.8 Å². The van der Waals surface area contributed by atoms with Gasteiger partial charge >= 0.3 is 0 Å². The van der Waals surface area contributed by atoms with Gasteiger partial charge in [0.25, 0.3) is 0 Å². The number of carbonyl (C=O) groups excluding carboxylic acids is 2. The number of hydrogen-bond donors (Lipinski definition) is 2. The van der Waals surface area contributed by atoms with Crippen LogP contribution in [0.5, 0.6) is 0 Å². The van der Waals surface area contributed by atoms with Gasteiger partial charge in [0.2, 0.25) is 5.91 Å². The molecule has 1 unspecified atom stereocenters. The van der Waals surface area contributed by atoms with Crippen molar-refractivity contribution in [3.8, 4) is 0 Å². The minimum Gasteiger partial charge on any atom is -0.396 e. The van der Waals surface area contributed by atoms with E-state index >= 15 is 0 Å². The van der Waals surface area contributed by atoms with Crippen molar-refractivity contribution in [1.82, 2.24) is 5.32 Å². The predicted molar refractivity (Wildman–Crippen MR) is 58.4 cm³/mol. The molecule has 0 aromatic heterocycles. The molecule has 1 atom stereocenters. The SMILES string of the molecule is CC(=O)CCC(=O)NC(CCO)C(C)C. The van der Waals surface area contributed by atoms with Crippen molar-refractivity contribution in [2.75, 3.05) is 6.61 Å². The van der Waals surface area contributed by atoms with Crippen LogP contribution in [-0.2, 0) is 9.59 Å². The summed E-state index contributed by atoms with van der Waals surface area (Å²) in [6, 6.07) is -0.00513. The largest absolute Gasteiger partial charge is 0.396 e. The average molecular weight is 215 g/mol. The lowest BCUT2D eigenvalue weighted by Crippen LogP contribution is -2.39. The van der Waals surface area contributed by atoms with E-state index < -0.39 is 0 Å². The van der Waals surface area contributed by atoms with Crippen molar-refractivity contribution in [2.45, 2.75) is 46.1 Å². The Kier molecular flexibility index (Phi) is 6.96. The maximum Gasteiger partial charge on any atom is 0.220 e. The van der Waals surface area contributed by atoms with Crippen LogP contribution in [0.4, 0.5) is 0 Å². The average Bonchev–Trinajstić information content (AvgIpc) is 2.14. The van der Waals surface area contributed by atoms with Crippen molar-refractivity contribution in [1.29, 1.82) is 0 Å². The van der Waals surface area contributed by atoms with Gasteiger partial charge in [0, 0.05) is 25.5 Å². The Bertz CT molecular complexity index is 214. The molecule has 0 heterocycles. The first kappa shape index (κ1) is 14.1. The Labute approximate surface area is 91.1 Å². The molecule has 0 aliphatic rings. The van der Waals surface area contributed by atoms with E-state index in [0.29, 0.717) is 12.3 Å². The van der Waals surface area contributed by atoms with Crippen LogP contribution in [-0.4, -0.2) is 29.4 Å². The maximum absolute atomic E-state index is 11.4. The van der Waals surface area contributed by atoms with Crippen molar-refractivity contribution < 1.29 is 14.7 Å². The fourth-order valence-corrected chi connectivity index (χ4v) is 1.28. The van der Waals surface area contributed by atoms with Crippen molar-refractivity contribution in [3.63, 3.8) is 0 Å². The normalized spacial score (nSPS) is 12.6. The lowest BCUT2D eigenvalue weighted by Gasteiger charge is -2.21. The van der Waals surface area contributed by atoms with Crippen molar-refractivity contribution in [2.24, 2.45) is 5.92 Å². The summed E-state index contributed by atoms with van der Waals surface area (Å²) in [6.07, 6.45) is 1.09. The molecule has 0 fully saturated rings. The number of carbonyl (C=O) groups is 2. The van der Waals surface area contributed by atoms with E-state index in [0.717, 1.165) is 0 Å². The third-order valence-corrected chi connectivity index (χ3v) is 2.30. The molecule has 0 aromatic rings. The van der Waals surface area contributed by atoms with E-state index in [1.807, 2.05) is 13.8 Å². The van der Waals surface area contributed by atoms with Gasteiger partial charge in [-0.15, -0.1) is 0 Å². The first-order chi connectivity index (χ1) is 6.97. The van der Waals surface area contributed by atoms with Gasteiger partial charge in [0.05, 0.1) is 0 Å². The van der Waals surface area contributed by atoms with Gasteiger partial charge in [0.1, 0.15) is 5.78 Å². The molecule has 15 heavy (non-hydrogen) atoms. The number of ketones is 1. The summed E-state index contributed by atoms with van der Waals surface area (Å²) in [5, 5.41) is 11.6. The van der Waals surface area contributed by atoms with Crippen LogP contribution in [0.3, 0.4) is 0 Å². The molecule has 0 aliphatic heterocycles. The molecule has 1 amide bonds. The van der Waals surface area contributed by atoms with Crippen LogP contribution < -0.4 is 5.32 Å². The molecule has 0 aliphatic carbocycles. The molecule has 0 aromatic carbocycles. The summed E-state index contributed by atoms with van der Waals surface area (Å²) in [6.45, 7) is 5.52. The molecular weight excluding hydrogens is 194 g/mol. The zero-order valence-electron chi connectivity index (χ0n) is 9.75. The number of aliphatic hydroxyl groups excluding tert-OH is 1. The number of Topliss-reactive ketones (excluding diaryl/α,β-unsaturated/α-hetero) is 1. The fourth-order valence-electron chi connectivity index (χ4n) is 1.28. The highest BCUT2D eigenvalue weighted by Gasteiger charge is 2.15. The summed E-state index contributed by atoms with van der Waals surface area (Å²) in [5.41, 5.74) is 0. The van der Waals surface area contributed by atoms with E-state index in [-0.39, 0.29) is 37.2 Å². The lowest BCUT2D eigenvalue weighted by molar-refractivity contribution is -0.125. The Morgan fingerprint density at radius 2 is 1.87 bits per heavy atom. The van der Waals surface area contributed by atoms with E-state index in [1.54, 1.807) is 0 Å². The van der Waals surface area contributed by atoms with E-state index in [1.165, 1.54) is 6.92 Å². The summed E-state index contributed by atoms with van der Waals surface area (Å²) >= 11 is 0. The number of rotatable bonds is 7. The van der Waals surface area contributed by atoms with Gasteiger partial charge in [-0.25, -0.2) is 0 Å². The van der Waals surface area contributed by atoms with Crippen LogP contribution in [0.1, 0.15) is 40.0 Å². The topological polar surface area (TPSA) is 66.4 Å². The minimum atomic E-state index is -0.114. The molecule has 4 nitrogen and oxygen atoms in total. The minimum absolute atomic E-state index is 0.00513. The third-order valence-electron chi connectivity index (χ3n) is 2.30. The van der Waals surface area contributed by atoms with Gasteiger partial charge in [-0.2, -0.15) is 0 Å². The second-order valence-electron chi connectivity index (χ2n) is 4.13. The molecule has 0 saturated carbocycles. The van der Waals surface area contributed by atoms with Crippen molar-refractivity contribution in [3.05, 3.63) is 0 Å². The first-order valence-corrected chi connectivity index (χ1v) is 5.37. The zero-order chi connectivity index (χ0) is 11.8. The molecule has 2 N–H and O–H groups in total. The summed E-state index contributed by atoms with van der Waals surface area (Å²) < 4.78 is 0. The monoisotopic (exact) mass is 215 g/mol. The highest BCUT2D eigenvalue weighted by molar-refractivity contribution is 5.83. The molecule has 0 saturated heterocycles. The Balaban J connectivity index is 3.94. The fraction of sp³-hybridized carbons (Fsp3) is 0.818. The van der Waals surface area contributed by atoms with Gasteiger partial charge < -0.3 is 15.2 Å². The highest BCUT2D eigenvalue weighted by Crippen LogP contribution is 2.06. The molecule has 0 bridgehead atoms. The first-order valence-electron chi connectivity index (χ1n) is 5.37. The van der Waals surface area contributed by atoms with Gasteiger partial charge in [0.15, 0.2) is 0 Å². The van der Waals surface area contributed by atoms with Crippen LogP contribution >= 0.6 is 0 Å². The number of nitrogens with one attached hydrogen (secondary N) is 1. The standard InChI is InChI=1S/C11H21NO3/c1-8(2)10(6-7-13)12-11(15)5-4-9(3)14/h8,10,13H,4-7H2,1-3H3,(H,12,15). The molecule has 0 spiro atoms. The van der Waals surface area contributed by atoms with Crippen LogP contribution in [0.25, 0.3) is 0 Å². The van der Waals surface area contributed by atoms with Gasteiger partial charge in [-0.3, -0.25) is 4.79 Å². The molecule has 4 heteroatoms. The maximum atomic E-state index is 11.4. The number of amides is 1. The van der Waals surface area contributed by atoms with Crippen LogP contribution in [0.2, 0.25) is 0 Å². The van der Waals surface area contributed by atoms with Crippen LogP contribution in [0.15, 0.2) is 0 Å². The van der Waals surface area contributed by atoms with Gasteiger partial charge in [-0.05, 0) is 19.3 Å². The second-order valence-corrected chi connectivity index (χ2v) is 4.13. The number of hydrogen-bond acceptors (Lipinski definition) is 3. The molecule has 0 radical (unpaired) electrons. The predicted octanol–water partition coefficient (Wildman–Crippen LogP) is 0.879. The highest BCUT2D eigenvalue weighted by atomic mass is 16.3. The summed E-state index contributed by atoms with van der Waals surface area (Å²) in [4.78, 5) is 22.1. The second kappa shape index (κ2) is 7.40. The Morgan fingerprint density at radius 1 is 1.27 bits per heavy atom. The van der Waals surface area contributed by atoms with E-state index in [2.05, 4.69) is 5.32 Å². The zero-order valence-corrected chi connectivity index (χ0v) is 9.75. The number of aliphatic hydroxyl groups is 1. The van der Waals surface area contributed by atoms with Crippen molar-refractivity contribution >= 4 is 11.7 Å². The summed E-state index contributed by atoms with van der Waals surface area (Å²) in [7, 11) is 0. The molecule has 88 valence electrons. The molecule has 0 rings (SSSR count).